The van der Waals surface area contributed by atoms with Gasteiger partial charge in [0.15, 0.2) is 5.82 Å². The Morgan fingerprint density at radius 1 is 1.26 bits per heavy atom. The number of halogens is 1. The van der Waals surface area contributed by atoms with Gasteiger partial charge in [-0.1, -0.05) is 55.8 Å². The zero-order chi connectivity index (χ0) is 25.0. The van der Waals surface area contributed by atoms with Crippen LogP contribution in [0.25, 0.3) is 0 Å². The summed E-state index contributed by atoms with van der Waals surface area (Å²) in [6, 6.07) is 8.13. The molecule has 2 N–H and O–H groups in total. The number of hydrogen-bond donors (Lipinski definition) is 2. The highest BCUT2D eigenvalue weighted by Gasteiger charge is 2.36. The third kappa shape index (κ3) is 6.86. The number of para-hydroxylation sites is 1. The number of aromatic nitrogens is 2. The Bertz CT molecular complexity index is 1090. The Hall–Kier alpha value is -2.84. The molecule has 1 aromatic carbocycles. The van der Waals surface area contributed by atoms with Crippen molar-refractivity contribution in [2.45, 2.75) is 70.6 Å². The molecule has 2 aliphatic rings. The van der Waals surface area contributed by atoms with Gasteiger partial charge in [0.05, 0.1) is 23.7 Å². The lowest BCUT2D eigenvalue weighted by atomic mass is 9.84. The van der Waals surface area contributed by atoms with Gasteiger partial charge < -0.3 is 20.1 Å². The molecule has 1 saturated carbocycles. The van der Waals surface area contributed by atoms with Gasteiger partial charge in [-0.2, -0.15) is 5.10 Å². The number of carbonyl (C=O) groups is 2. The molecule has 9 heteroatoms. The topological polar surface area (TPSA) is 96.7 Å². The van der Waals surface area contributed by atoms with Gasteiger partial charge in [-0.3, -0.25) is 14.3 Å². The van der Waals surface area contributed by atoms with Crippen LogP contribution in [0.3, 0.4) is 0 Å². The van der Waals surface area contributed by atoms with Crippen LogP contribution in [0.5, 0.6) is 5.75 Å². The van der Waals surface area contributed by atoms with Crippen molar-refractivity contribution in [1.29, 1.82) is 0 Å². The predicted octanol–water partition coefficient (Wildman–Crippen LogP) is 4.39. The van der Waals surface area contributed by atoms with Gasteiger partial charge in [0.25, 0.3) is 5.91 Å². The summed E-state index contributed by atoms with van der Waals surface area (Å²) in [4.78, 5) is 28.0. The smallest absolute Gasteiger partial charge is 0.251 e. The summed E-state index contributed by atoms with van der Waals surface area (Å²) in [5.41, 5.74) is -0.928. The Balaban J connectivity index is 1.48. The molecule has 1 aliphatic carbocycles. The summed E-state index contributed by atoms with van der Waals surface area (Å²) in [6.45, 7) is 3.89. The molecule has 2 aromatic rings. The van der Waals surface area contributed by atoms with Gasteiger partial charge in [0.2, 0.25) is 5.91 Å². The van der Waals surface area contributed by atoms with E-state index >= 15 is 0 Å². The van der Waals surface area contributed by atoms with Crippen molar-refractivity contribution < 1.29 is 19.4 Å². The molecule has 0 radical (unpaired) electrons. The van der Waals surface area contributed by atoms with E-state index in [0.29, 0.717) is 41.2 Å². The lowest BCUT2D eigenvalue weighted by molar-refractivity contribution is -0.134. The number of nitrogens with one attached hydrogen (secondary N) is 1. The number of aliphatic hydroxyl groups is 1. The third-order valence-electron chi connectivity index (χ3n) is 6.37. The summed E-state index contributed by atoms with van der Waals surface area (Å²) in [5.74, 6) is 1.17. The molecule has 8 nitrogen and oxygen atoms in total. The monoisotopic (exact) mass is 500 g/mol. The lowest BCUT2D eigenvalue weighted by Gasteiger charge is -2.31. The number of amides is 2. The number of anilines is 1. The number of rotatable bonds is 9. The first-order valence-corrected chi connectivity index (χ1v) is 12.6. The van der Waals surface area contributed by atoms with Crippen LogP contribution in [0.2, 0.25) is 5.02 Å². The molecule has 1 aliphatic heterocycles. The highest BCUT2D eigenvalue weighted by Crippen LogP contribution is 2.32. The molecule has 2 amide bonds. The molecule has 4 rings (SSSR count). The van der Waals surface area contributed by atoms with E-state index in [2.05, 4.69) is 10.4 Å². The summed E-state index contributed by atoms with van der Waals surface area (Å²) in [5, 5.41) is 17.7. The molecule has 0 spiro atoms. The van der Waals surface area contributed by atoms with Gasteiger partial charge in [-0.15, -0.1) is 0 Å². The summed E-state index contributed by atoms with van der Waals surface area (Å²) < 4.78 is 7.48. The Labute approximate surface area is 210 Å². The van der Waals surface area contributed by atoms with Crippen LogP contribution in [0, 0.1) is 5.92 Å². The van der Waals surface area contributed by atoms with Crippen molar-refractivity contribution in [1.82, 2.24) is 14.7 Å². The first-order chi connectivity index (χ1) is 16.7. The predicted molar refractivity (Wildman–Crippen MR) is 134 cm³/mol. The summed E-state index contributed by atoms with van der Waals surface area (Å²) in [6.07, 6.45) is 9.36. The van der Waals surface area contributed by atoms with Crippen LogP contribution in [-0.2, 0) is 16.1 Å². The highest BCUT2D eigenvalue weighted by atomic mass is 35.5. The number of benzene rings is 1. The van der Waals surface area contributed by atoms with Gasteiger partial charge >= 0.3 is 0 Å². The Morgan fingerprint density at radius 3 is 2.71 bits per heavy atom. The first kappa shape index (κ1) is 25.3. The molecule has 0 bridgehead atoms. The van der Waals surface area contributed by atoms with Gasteiger partial charge in [-0.25, -0.2) is 0 Å². The molecule has 2 heterocycles. The zero-order valence-corrected chi connectivity index (χ0v) is 21.0. The van der Waals surface area contributed by atoms with E-state index in [1.54, 1.807) is 47.8 Å². The van der Waals surface area contributed by atoms with Crippen molar-refractivity contribution in [2.75, 3.05) is 11.9 Å². The highest BCUT2D eigenvalue weighted by molar-refractivity contribution is 6.32. The van der Waals surface area contributed by atoms with E-state index in [4.69, 9.17) is 16.3 Å². The summed E-state index contributed by atoms with van der Waals surface area (Å²) in [7, 11) is 0. The van der Waals surface area contributed by atoms with E-state index in [0.717, 1.165) is 25.7 Å². The second-order valence-electron chi connectivity index (χ2n) is 10.1. The minimum atomic E-state index is -0.928. The average molecular weight is 501 g/mol. The number of carbonyl (C=O) groups excluding carboxylic acids is 2. The quantitative estimate of drug-likeness (QED) is 0.532. The Morgan fingerprint density at radius 2 is 2.00 bits per heavy atom. The number of nitrogens with zero attached hydrogens (tertiary/aromatic N) is 3. The number of ether oxygens (including phenoxy) is 1. The SMILES string of the molecule is CC(C)(O)Cn1ccc(NC(=O)C(CC2CCCCC2)N2CC(Oc3ccccc3Cl)=CC2=O)n1. The second kappa shape index (κ2) is 10.8. The van der Waals surface area contributed by atoms with Crippen molar-refractivity contribution in [2.24, 2.45) is 5.92 Å². The van der Waals surface area contributed by atoms with Crippen molar-refractivity contribution in [3.63, 3.8) is 0 Å². The molecule has 188 valence electrons. The molecular formula is C26H33ClN4O4. The van der Waals surface area contributed by atoms with E-state index in [1.165, 1.54) is 12.5 Å². The molecule has 1 atom stereocenters. The molecular weight excluding hydrogens is 468 g/mol. The maximum absolute atomic E-state index is 13.4. The van der Waals surface area contributed by atoms with Crippen LogP contribution >= 0.6 is 11.6 Å². The zero-order valence-electron chi connectivity index (χ0n) is 20.2. The van der Waals surface area contributed by atoms with Crippen LogP contribution < -0.4 is 10.1 Å². The van der Waals surface area contributed by atoms with Crippen LogP contribution in [0.15, 0.2) is 48.4 Å². The van der Waals surface area contributed by atoms with E-state index < -0.39 is 11.6 Å². The van der Waals surface area contributed by atoms with Crippen molar-refractivity contribution >= 4 is 29.2 Å². The van der Waals surface area contributed by atoms with E-state index in [9.17, 15) is 14.7 Å². The fraction of sp³-hybridized carbons (Fsp3) is 0.500. The third-order valence-corrected chi connectivity index (χ3v) is 6.68. The van der Waals surface area contributed by atoms with Crippen LogP contribution in [0.4, 0.5) is 5.82 Å². The molecule has 1 fully saturated rings. The van der Waals surface area contributed by atoms with E-state index in [1.807, 2.05) is 12.1 Å². The first-order valence-electron chi connectivity index (χ1n) is 12.2. The largest absolute Gasteiger partial charge is 0.458 e. The van der Waals surface area contributed by atoms with Crippen molar-refractivity contribution in [3.05, 3.63) is 53.4 Å². The molecule has 1 unspecified atom stereocenters. The average Bonchev–Trinajstić information content (AvgIpc) is 3.38. The van der Waals surface area contributed by atoms with Gasteiger partial charge in [-0.05, 0) is 38.3 Å². The summed E-state index contributed by atoms with van der Waals surface area (Å²) >= 11 is 6.21. The fourth-order valence-corrected chi connectivity index (χ4v) is 4.92. The normalized spacial score (nSPS) is 17.9. The second-order valence-corrected chi connectivity index (χ2v) is 10.5. The maximum Gasteiger partial charge on any atom is 0.251 e. The minimum Gasteiger partial charge on any atom is -0.458 e. The molecule has 1 aromatic heterocycles. The minimum absolute atomic E-state index is 0.196. The van der Waals surface area contributed by atoms with Crippen molar-refractivity contribution in [3.8, 4) is 5.75 Å². The Kier molecular flexibility index (Phi) is 7.82. The number of hydrogen-bond acceptors (Lipinski definition) is 5. The van der Waals surface area contributed by atoms with Crippen LogP contribution in [-0.4, -0.2) is 49.8 Å². The maximum atomic E-state index is 13.4. The molecule has 35 heavy (non-hydrogen) atoms. The van der Waals surface area contributed by atoms with Crippen LogP contribution in [0.1, 0.15) is 52.4 Å². The standard InChI is InChI=1S/C26H33ClN4O4/c1-26(2,34)17-30-13-12-23(29-30)28-25(33)21(14-18-8-4-3-5-9-18)31-16-19(15-24(31)32)35-22-11-7-6-10-20(22)27/h6-7,10-13,15,18,21,34H,3-5,8-9,14,16-17H2,1-2H3,(H,28,29,33). The fourth-order valence-electron chi connectivity index (χ4n) is 4.74. The van der Waals surface area contributed by atoms with Gasteiger partial charge in [0.1, 0.15) is 17.6 Å². The molecule has 0 saturated heterocycles. The lowest BCUT2D eigenvalue weighted by Crippen LogP contribution is -2.46. The van der Waals surface area contributed by atoms with E-state index in [-0.39, 0.29) is 18.4 Å². The van der Waals surface area contributed by atoms with Gasteiger partial charge in [0, 0.05) is 18.3 Å².